The first-order chi connectivity index (χ1) is 8.40. The molecule has 1 nitrogen and oxygen atoms in total. The van der Waals surface area contributed by atoms with Crippen molar-refractivity contribution in [1.29, 1.82) is 0 Å². The zero-order valence-electron chi connectivity index (χ0n) is 11.7. The highest BCUT2D eigenvalue weighted by Crippen LogP contribution is 2.21. The second-order valence-electron chi connectivity index (χ2n) is 5.72. The van der Waals surface area contributed by atoms with Crippen LogP contribution in [0.25, 0.3) is 0 Å². The number of rotatable bonds is 6. The molecule has 1 rings (SSSR count). The molecule has 1 aromatic carbocycles. The Morgan fingerprint density at radius 2 is 1.89 bits per heavy atom. The van der Waals surface area contributed by atoms with Crippen molar-refractivity contribution in [3.05, 3.63) is 35.6 Å². The van der Waals surface area contributed by atoms with Crippen molar-refractivity contribution in [2.24, 2.45) is 17.8 Å². The van der Waals surface area contributed by atoms with Crippen molar-refractivity contribution in [3.63, 3.8) is 0 Å². The fourth-order valence-electron chi connectivity index (χ4n) is 2.29. The summed E-state index contributed by atoms with van der Waals surface area (Å²) in [6.45, 7) is 8.10. The van der Waals surface area contributed by atoms with Gasteiger partial charge in [0.05, 0.1) is 0 Å². The lowest BCUT2D eigenvalue weighted by atomic mass is 9.84. The Morgan fingerprint density at radius 3 is 2.39 bits per heavy atom. The predicted octanol–water partition coefficient (Wildman–Crippen LogP) is 4.26. The maximum atomic E-state index is 13.2. The van der Waals surface area contributed by atoms with E-state index in [2.05, 4.69) is 13.8 Å². The maximum absolute atomic E-state index is 13.2. The number of carbonyl (C=O) groups is 1. The summed E-state index contributed by atoms with van der Waals surface area (Å²) in [4.78, 5) is 12.2. The van der Waals surface area contributed by atoms with Crippen LogP contribution in [0.5, 0.6) is 0 Å². The van der Waals surface area contributed by atoms with Crippen LogP contribution in [0.3, 0.4) is 0 Å². The average Bonchev–Trinajstić information content (AvgIpc) is 2.26. The molecule has 0 bridgehead atoms. The molecule has 0 radical (unpaired) electrons. The molecule has 0 saturated carbocycles. The summed E-state index contributed by atoms with van der Waals surface area (Å²) < 4.78 is 13.2. The average molecular weight is 250 g/mol. The Hall–Kier alpha value is -1.18. The van der Waals surface area contributed by atoms with E-state index >= 15 is 0 Å². The third kappa shape index (κ3) is 4.59. The summed E-state index contributed by atoms with van der Waals surface area (Å²) in [5.74, 6) is 0.584. The van der Waals surface area contributed by atoms with Gasteiger partial charge in [0.1, 0.15) is 11.6 Å². The molecule has 0 aliphatic rings. The first-order valence-corrected chi connectivity index (χ1v) is 6.68. The first-order valence-electron chi connectivity index (χ1n) is 6.68. The van der Waals surface area contributed by atoms with E-state index in [-0.39, 0.29) is 23.4 Å². The molecule has 0 aliphatic heterocycles. The van der Waals surface area contributed by atoms with Crippen molar-refractivity contribution in [3.8, 4) is 0 Å². The minimum absolute atomic E-state index is 0.00630. The van der Waals surface area contributed by atoms with Gasteiger partial charge in [0, 0.05) is 11.8 Å². The van der Waals surface area contributed by atoms with Gasteiger partial charge in [-0.05, 0) is 36.5 Å². The van der Waals surface area contributed by atoms with E-state index in [1.165, 1.54) is 12.1 Å². The molecule has 0 spiro atoms. The van der Waals surface area contributed by atoms with E-state index in [4.69, 9.17) is 0 Å². The zero-order valence-corrected chi connectivity index (χ0v) is 11.7. The predicted molar refractivity (Wildman–Crippen MR) is 72.9 cm³/mol. The zero-order chi connectivity index (χ0) is 13.7. The fraction of sp³-hybridized carbons (Fsp3) is 0.562. The summed E-state index contributed by atoms with van der Waals surface area (Å²) in [6.07, 6.45) is 1.51. The second kappa shape index (κ2) is 6.67. The summed E-state index contributed by atoms with van der Waals surface area (Å²) in [5, 5.41) is 0. The van der Waals surface area contributed by atoms with Gasteiger partial charge in [-0.25, -0.2) is 4.39 Å². The van der Waals surface area contributed by atoms with E-state index in [0.717, 1.165) is 12.0 Å². The molecule has 0 amide bonds. The van der Waals surface area contributed by atoms with Crippen LogP contribution in [0.15, 0.2) is 24.3 Å². The lowest BCUT2D eigenvalue weighted by Crippen LogP contribution is -2.23. The highest BCUT2D eigenvalue weighted by atomic mass is 19.1. The molecule has 2 heteroatoms. The molecule has 1 atom stereocenters. The number of halogens is 1. The van der Waals surface area contributed by atoms with Crippen LogP contribution in [-0.4, -0.2) is 5.78 Å². The van der Waals surface area contributed by atoms with Gasteiger partial charge in [-0.15, -0.1) is 0 Å². The van der Waals surface area contributed by atoms with Crippen LogP contribution in [0.4, 0.5) is 4.39 Å². The number of Topliss-reactive ketones (excluding diaryl/α,β-unsaturated/α-hetero) is 1. The number of ketones is 1. The molecule has 0 aromatic heterocycles. The van der Waals surface area contributed by atoms with Gasteiger partial charge >= 0.3 is 0 Å². The van der Waals surface area contributed by atoms with Gasteiger partial charge in [0.15, 0.2) is 0 Å². The largest absolute Gasteiger partial charge is 0.299 e. The van der Waals surface area contributed by atoms with E-state index in [1.54, 1.807) is 6.07 Å². The van der Waals surface area contributed by atoms with Gasteiger partial charge in [-0.3, -0.25) is 4.79 Å². The highest BCUT2D eigenvalue weighted by Gasteiger charge is 2.22. The number of hydrogen-bond donors (Lipinski definition) is 0. The Balaban J connectivity index is 2.81. The van der Waals surface area contributed by atoms with Crippen LogP contribution in [0.1, 0.15) is 39.7 Å². The molecule has 0 fully saturated rings. The molecular formula is C16H23FO. The van der Waals surface area contributed by atoms with Crippen molar-refractivity contribution >= 4 is 5.78 Å². The third-order valence-electron chi connectivity index (χ3n) is 3.10. The molecule has 100 valence electrons. The SMILES string of the molecule is CC(C)CC(Cc1cccc(F)c1)C(=O)C(C)C. The van der Waals surface area contributed by atoms with Crippen molar-refractivity contribution in [2.75, 3.05) is 0 Å². The highest BCUT2D eigenvalue weighted by molar-refractivity contribution is 5.83. The Morgan fingerprint density at radius 1 is 1.22 bits per heavy atom. The van der Waals surface area contributed by atoms with Crippen LogP contribution in [0.2, 0.25) is 0 Å². The Bertz CT molecular complexity index is 396. The second-order valence-corrected chi connectivity index (χ2v) is 5.72. The Labute approximate surface area is 109 Å². The van der Waals surface area contributed by atoms with E-state index < -0.39 is 0 Å². The van der Waals surface area contributed by atoms with E-state index in [1.807, 2.05) is 19.9 Å². The maximum Gasteiger partial charge on any atom is 0.138 e. The van der Waals surface area contributed by atoms with Crippen LogP contribution >= 0.6 is 0 Å². The van der Waals surface area contributed by atoms with Gasteiger partial charge in [0.2, 0.25) is 0 Å². The van der Waals surface area contributed by atoms with Gasteiger partial charge in [-0.1, -0.05) is 39.8 Å². The first kappa shape index (κ1) is 14.9. The Kier molecular flexibility index (Phi) is 5.52. The summed E-state index contributed by atoms with van der Waals surface area (Å²) in [7, 11) is 0. The normalized spacial score (nSPS) is 13.1. The van der Waals surface area contributed by atoms with Gasteiger partial charge in [0.25, 0.3) is 0 Å². The fourth-order valence-corrected chi connectivity index (χ4v) is 2.29. The molecular weight excluding hydrogens is 227 g/mol. The number of benzene rings is 1. The molecule has 1 unspecified atom stereocenters. The van der Waals surface area contributed by atoms with Crippen molar-refractivity contribution < 1.29 is 9.18 Å². The van der Waals surface area contributed by atoms with Crippen molar-refractivity contribution in [2.45, 2.75) is 40.5 Å². The summed E-state index contributed by atoms with van der Waals surface area (Å²) in [6, 6.07) is 6.56. The van der Waals surface area contributed by atoms with E-state index in [0.29, 0.717) is 12.3 Å². The van der Waals surface area contributed by atoms with Crippen LogP contribution < -0.4 is 0 Å². The standard InChI is InChI=1S/C16H23FO/c1-11(2)8-14(16(18)12(3)4)9-13-6-5-7-15(17)10-13/h5-7,10-12,14H,8-9H2,1-4H3. The van der Waals surface area contributed by atoms with Gasteiger partial charge < -0.3 is 0 Å². The van der Waals surface area contributed by atoms with Crippen LogP contribution in [0, 0.1) is 23.6 Å². The van der Waals surface area contributed by atoms with Crippen molar-refractivity contribution in [1.82, 2.24) is 0 Å². The lowest BCUT2D eigenvalue weighted by Gasteiger charge is -2.20. The smallest absolute Gasteiger partial charge is 0.138 e. The molecule has 1 aromatic rings. The van der Waals surface area contributed by atoms with Gasteiger partial charge in [-0.2, -0.15) is 0 Å². The lowest BCUT2D eigenvalue weighted by molar-refractivity contribution is -0.126. The minimum atomic E-state index is -0.229. The van der Waals surface area contributed by atoms with Crippen LogP contribution in [-0.2, 0) is 11.2 Å². The molecule has 0 heterocycles. The number of carbonyl (C=O) groups excluding carboxylic acids is 1. The molecule has 0 saturated heterocycles. The summed E-state index contributed by atoms with van der Waals surface area (Å²) in [5.41, 5.74) is 0.912. The molecule has 0 aliphatic carbocycles. The third-order valence-corrected chi connectivity index (χ3v) is 3.10. The monoisotopic (exact) mass is 250 g/mol. The molecule has 18 heavy (non-hydrogen) atoms. The number of hydrogen-bond acceptors (Lipinski definition) is 1. The molecule has 0 N–H and O–H groups in total. The van der Waals surface area contributed by atoms with E-state index in [9.17, 15) is 9.18 Å². The summed E-state index contributed by atoms with van der Waals surface area (Å²) >= 11 is 0. The quantitative estimate of drug-likeness (QED) is 0.737. The minimum Gasteiger partial charge on any atom is -0.299 e. The topological polar surface area (TPSA) is 17.1 Å².